The van der Waals surface area contributed by atoms with Crippen molar-refractivity contribution in [2.75, 3.05) is 0 Å². The molecule has 0 radical (unpaired) electrons. The molecule has 0 aromatic heterocycles. The summed E-state index contributed by atoms with van der Waals surface area (Å²) in [5, 5.41) is 0.156. The average molecular weight is 161 g/mol. The normalized spacial score (nSPS) is 12.6. The van der Waals surface area contributed by atoms with E-state index in [0.29, 0.717) is 0 Å². The highest BCUT2D eigenvalue weighted by atomic mass is 32.1. The van der Waals surface area contributed by atoms with Crippen molar-refractivity contribution in [3.05, 3.63) is 0 Å². The van der Waals surface area contributed by atoms with Crippen molar-refractivity contribution in [3.63, 3.8) is 0 Å². The quantitative estimate of drug-likeness (QED) is 0.639. The number of unbranched alkanes of at least 4 members (excludes halogenated alkanes) is 1. The number of nitrogens with two attached hydrogens (primary N) is 1. The molecule has 2 nitrogen and oxygen atoms in total. The monoisotopic (exact) mass is 161 g/mol. The van der Waals surface area contributed by atoms with Gasteiger partial charge in [-0.15, -0.1) is 0 Å². The molecule has 0 aromatic carbocycles. The minimum atomic E-state index is 0.156. The van der Waals surface area contributed by atoms with E-state index in [1.807, 2.05) is 6.92 Å². The van der Waals surface area contributed by atoms with Crippen molar-refractivity contribution in [1.29, 1.82) is 0 Å². The Morgan fingerprint density at radius 3 is 2.70 bits per heavy atom. The number of hydrogen-bond donors (Lipinski definition) is 1. The fourth-order valence-electron chi connectivity index (χ4n) is 0.749. The molecule has 1 atom stereocenters. The summed E-state index contributed by atoms with van der Waals surface area (Å²) in [5.41, 5.74) is 5.17. The molecule has 3 heteroatoms. The van der Waals surface area contributed by atoms with Crippen LogP contribution >= 0.6 is 12.2 Å². The minimum Gasteiger partial charge on any atom is -0.468 e. The molecule has 0 rings (SSSR count). The van der Waals surface area contributed by atoms with Gasteiger partial charge in [-0.25, -0.2) is 0 Å². The molecule has 0 aliphatic carbocycles. The van der Waals surface area contributed by atoms with Crippen LogP contribution in [0.25, 0.3) is 0 Å². The molecule has 0 saturated heterocycles. The van der Waals surface area contributed by atoms with Gasteiger partial charge >= 0.3 is 0 Å². The van der Waals surface area contributed by atoms with Crippen LogP contribution in [0.5, 0.6) is 0 Å². The van der Waals surface area contributed by atoms with Crippen molar-refractivity contribution >= 4 is 17.4 Å². The highest BCUT2D eigenvalue weighted by Gasteiger charge is 2.01. The Labute approximate surface area is 67.7 Å². The zero-order valence-corrected chi connectivity index (χ0v) is 7.41. The average Bonchev–Trinajstić information content (AvgIpc) is 1.82. The van der Waals surface area contributed by atoms with Gasteiger partial charge < -0.3 is 10.5 Å². The molecular formula is C7H15NOS. The van der Waals surface area contributed by atoms with Crippen LogP contribution in [-0.2, 0) is 4.74 Å². The van der Waals surface area contributed by atoms with Crippen LogP contribution in [0.15, 0.2) is 0 Å². The summed E-state index contributed by atoms with van der Waals surface area (Å²) in [6, 6.07) is 0. The van der Waals surface area contributed by atoms with Gasteiger partial charge in [0.2, 0.25) is 0 Å². The van der Waals surface area contributed by atoms with Crippen molar-refractivity contribution < 1.29 is 4.74 Å². The van der Waals surface area contributed by atoms with E-state index in [2.05, 4.69) is 19.1 Å². The maximum atomic E-state index is 5.17. The minimum absolute atomic E-state index is 0.156. The van der Waals surface area contributed by atoms with Gasteiger partial charge in [0, 0.05) is 0 Å². The molecule has 2 N–H and O–H groups in total. The number of thiocarbonyl (C=S) groups is 1. The van der Waals surface area contributed by atoms with Crippen LogP contribution < -0.4 is 5.73 Å². The van der Waals surface area contributed by atoms with Crippen LogP contribution in [0, 0.1) is 0 Å². The Morgan fingerprint density at radius 1 is 1.70 bits per heavy atom. The van der Waals surface area contributed by atoms with Crippen LogP contribution in [0.1, 0.15) is 33.1 Å². The second-order valence-corrected chi connectivity index (χ2v) is 2.79. The molecular weight excluding hydrogens is 146 g/mol. The topological polar surface area (TPSA) is 35.2 Å². The van der Waals surface area contributed by atoms with Crippen LogP contribution in [0.3, 0.4) is 0 Å². The SMILES string of the molecule is CCCCC(C)OC(N)=S. The first-order valence-corrected chi connectivity index (χ1v) is 4.03. The second kappa shape index (κ2) is 5.47. The molecule has 0 heterocycles. The summed E-state index contributed by atoms with van der Waals surface area (Å²) in [4.78, 5) is 0. The van der Waals surface area contributed by atoms with Gasteiger partial charge in [-0.05, 0) is 25.6 Å². The van der Waals surface area contributed by atoms with Crippen molar-refractivity contribution in [2.24, 2.45) is 5.73 Å². The highest BCUT2D eigenvalue weighted by Crippen LogP contribution is 2.02. The number of ether oxygens (including phenoxy) is 1. The van der Waals surface area contributed by atoms with E-state index in [9.17, 15) is 0 Å². The Balaban J connectivity index is 3.25. The lowest BCUT2D eigenvalue weighted by atomic mass is 10.2. The van der Waals surface area contributed by atoms with E-state index in [0.717, 1.165) is 6.42 Å². The number of rotatable bonds is 4. The van der Waals surface area contributed by atoms with Gasteiger partial charge in [-0.3, -0.25) is 0 Å². The van der Waals surface area contributed by atoms with E-state index in [-0.39, 0.29) is 11.3 Å². The molecule has 0 aliphatic rings. The molecule has 60 valence electrons. The third-order valence-corrected chi connectivity index (χ3v) is 1.38. The standard InChI is InChI=1S/C7H15NOS/c1-3-4-5-6(2)9-7(8)10/h6H,3-5H2,1-2H3,(H2,8,10). The lowest BCUT2D eigenvalue weighted by Gasteiger charge is -2.11. The van der Waals surface area contributed by atoms with E-state index >= 15 is 0 Å². The molecule has 0 bridgehead atoms. The van der Waals surface area contributed by atoms with Gasteiger partial charge in [0.05, 0.1) is 6.10 Å². The second-order valence-electron chi connectivity index (χ2n) is 2.39. The maximum absolute atomic E-state index is 5.17. The molecule has 0 aromatic rings. The lowest BCUT2D eigenvalue weighted by Crippen LogP contribution is -2.19. The van der Waals surface area contributed by atoms with E-state index in [4.69, 9.17) is 10.5 Å². The van der Waals surface area contributed by atoms with Crippen molar-refractivity contribution in [1.82, 2.24) is 0 Å². The predicted molar refractivity (Wildman–Crippen MR) is 46.9 cm³/mol. The van der Waals surface area contributed by atoms with Gasteiger partial charge in [-0.2, -0.15) is 0 Å². The summed E-state index contributed by atoms with van der Waals surface area (Å²) >= 11 is 4.58. The fourth-order valence-corrected chi connectivity index (χ4v) is 0.913. The van der Waals surface area contributed by atoms with Gasteiger partial charge in [-0.1, -0.05) is 19.8 Å². The first-order chi connectivity index (χ1) is 4.66. The lowest BCUT2D eigenvalue weighted by molar-refractivity contribution is 0.197. The summed E-state index contributed by atoms with van der Waals surface area (Å²) in [6.45, 7) is 4.13. The fraction of sp³-hybridized carbons (Fsp3) is 0.857. The molecule has 10 heavy (non-hydrogen) atoms. The maximum Gasteiger partial charge on any atom is 0.254 e. The Hall–Kier alpha value is -0.310. The molecule has 0 saturated carbocycles. The number of hydrogen-bond acceptors (Lipinski definition) is 2. The predicted octanol–water partition coefficient (Wildman–Crippen LogP) is 1.83. The van der Waals surface area contributed by atoms with E-state index in [1.54, 1.807) is 0 Å². The highest BCUT2D eigenvalue weighted by molar-refractivity contribution is 7.80. The summed E-state index contributed by atoms with van der Waals surface area (Å²) in [6.07, 6.45) is 3.57. The van der Waals surface area contributed by atoms with Crippen LogP contribution in [0.4, 0.5) is 0 Å². The molecule has 0 amide bonds. The Bertz CT molecular complexity index is 106. The first-order valence-electron chi connectivity index (χ1n) is 3.63. The first kappa shape index (κ1) is 9.69. The van der Waals surface area contributed by atoms with Gasteiger partial charge in [0.15, 0.2) is 0 Å². The van der Waals surface area contributed by atoms with E-state index in [1.165, 1.54) is 12.8 Å². The van der Waals surface area contributed by atoms with Gasteiger partial charge in [0.25, 0.3) is 5.17 Å². The third-order valence-electron chi connectivity index (χ3n) is 1.28. The molecule has 1 unspecified atom stereocenters. The molecule has 0 aliphatic heterocycles. The molecule has 0 spiro atoms. The van der Waals surface area contributed by atoms with Crippen LogP contribution in [-0.4, -0.2) is 11.3 Å². The third kappa shape index (κ3) is 5.82. The van der Waals surface area contributed by atoms with Crippen molar-refractivity contribution in [3.8, 4) is 0 Å². The summed E-state index contributed by atoms with van der Waals surface area (Å²) < 4.78 is 5.06. The largest absolute Gasteiger partial charge is 0.468 e. The Kier molecular flexibility index (Phi) is 5.30. The molecule has 0 fully saturated rings. The van der Waals surface area contributed by atoms with Crippen molar-refractivity contribution in [2.45, 2.75) is 39.2 Å². The summed E-state index contributed by atoms with van der Waals surface area (Å²) in [5.74, 6) is 0. The van der Waals surface area contributed by atoms with Gasteiger partial charge in [0.1, 0.15) is 0 Å². The van der Waals surface area contributed by atoms with Crippen LogP contribution in [0.2, 0.25) is 0 Å². The summed E-state index contributed by atoms with van der Waals surface area (Å²) in [7, 11) is 0. The Morgan fingerprint density at radius 2 is 2.30 bits per heavy atom. The smallest absolute Gasteiger partial charge is 0.254 e. The zero-order valence-electron chi connectivity index (χ0n) is 6.59. The van der Waals surface area contributed by atoms with E-state index < -0.39 is 0 Å². The zero-order chi connectivity index (χ0) is 7.98.